The number of H-pyrrole nitrogens is 1. The molecule has 5 rings (SSSR count). The molecule has 6 nitrogen and oxygen atoms in total. The number of benzene rings is 1. The van der Waals surface area contributed by atoms with E-state index in [4.69, 9.17) is 4.52 Å². The molecule has 0 bridgehead atoms. The lowest BCUT2D eigenvalue weighted by molar-refractivity contribution is 0.431. The van der Waals surface area contributed by atoms with Crippen molar-refractivity contribution in [3.8, 4) is 34.1 Å². The SMILES string of the molecule is c1ccc(-c2noc(-c3cc(-c4cnc5[nH]ccc5c4)ccn3)n2)cc1. The Hall–Kier alpha value is -3.80. The maximum Gasteiger partial charge on any atom is 0.276 e. The highest BCUT2D eigenvalue weighted by molar-refractivity contribution is 5.81. The van der Waals surface area contributed by atoms with Gasteiger partial charge in [-0.1, -0.05) is 35.5 Å². The number of fused-ring (bicyclic) bond motifs is 1. The van der Waals surface area contributed by atoms with Crippen LogP contribution in [0.25, 0.3) is 45.1 Å². The third kappa shape index (κ3) is 2.53. The number of nitrogens with zero attached hydrogens (tertiary/aromatic N) is 4. The first-order valence-electron chi connectivity index (χ1n) is 8.16. The van der Waals surface area contributed by atoms with Crippen LogP contribution in [-0.4, -0.2) is 25.1 Å². The molecular formula is C20H13N5O. The Kier molecular flexibility index (Phi) is 3.31. The monoisotopic (exact) mass is 339 g/mol. The number of nitrogens with one attached hydrogen (secondary N) is 1. The van der Waals surface area contributed by atoms with E-state index in [1.807, 2.05) is 60.9 Å². The molecule has 124 valence electrons. The lowest BCUT2D eigenvalue weighted by Gasteiger charge is -2.02. The van der Waals surface area contributed by atoms with Crippen molar-refractivity contribution in [2.75, 3.05) is 0 Å². The molecule has 0 amide bonds. The first kappa shape index (κ1) is 14.5. The van der Waals surface area contributed by atoms with Gasteiger partial charge in [-0.15, -0.1) is 0 Å². The standard InChI is InChI=1S/C20H13N5O/c1-2-4-13(5-3-1)19-24-20(26-25-19)17-11-14(6-8-21-17)16-10-15-7-9-22-18(15)23-12-16/h1-12H,(H,22,23). The van der Waals surface area contributed by atoms with Gasteiger partial charge in [-0.25, -0.2) is 4.98 Å². The molecule has 4 heterocycles. The molecule has 0 radical (unpaired) electrons. The van der Waals surface area contributed by atoms with E-state index in [-0.39, 0.29) is 0 Å². The second-order valence-corrected chi connectivity index (χ2v) is 5.86. The number of hydrogen-bond donors (Lipinski definition) is 1. The van der Waals surface area contributed by atoms with Gasteiger partial charge < -0.3 is 9.51 Å². The predicted molar refractivity (Wildman–Crippen MR) is 98.1 cm³/mol. The summed E-state index contributed by atoms with van der Waals surface area (Å²) in [6, 6.07) is 17.7. The molecule has 26 heavy (non-hydrogen) atoms. The Labute approximate surface area is 148 Å². The van der Waals surface area contributed by atoms with E-state index >= 15 is 0 Å². The van der Waals surface area contributed by atoms with Crippen molar-refractivity contribution in [3.05, 3.63) is 73.2 Å². The van der Waals surface area contributed by atoms with Crippen molar-refractivity contribution < 1.29 is 4.52 Å². The van der Waals surface area contributed by atoms with Crippen LogP contribution in [0.5, 0.6) is 0 Å². The van der Waals surface area contributed by atoms with Crippen molar-refractivity contribution in [1.82, 2.24) is 25.1 Å². The van der Waals surface area contributed by atoms with Gasteiger partial charge in [0.05, 0.1) is 0 Å². The average Bonchev–Trinajstić information content (AvgIpc) is 3.38. The number of aromatic nitrogens is 5. The maximum absolute atomic E-state index is 5.41. The minimum Gasteiger partial charge on any atom is -0.346 e. The van der Waals surface area contributed by atoms with Crippen molar-refractivity contribution in [3.63, 3.8) is 0 Å². The zero-order chi connectivity index (χ0) is 17.3. The van der Waals surface area contributed by atoms with Crippen LogP contribution in [-0.2, 0) is 0 Å². The highest BCUT2D eigenvalue weighted by atomic mass is 16.5. The third-order valence-electron chi connectivity index (χ3n) is 4.17. The van der Waals surface area contributed by atoms with Gasteiger partial charge in [0.15, 0.2) is 0 Å². The summed E-state index contributed by atoms with van der Waals surface area (Å²) in [6.45, 7) is 0. The molecule has 0 saturated carbocycles. The smallest absolute Gasteiger partial charge is 0.276 e. The van der Waals surface area contributed by atoms with Gasteiger partial charge in [0.2, 0.25) is 5.82 Å². The molecule has 6 heteroatoms. The zero-order valence-corrected chi connectivity index (χ0v) is 13.6. The van der Waals surface area contributed by atoms with Crippen LogP contribution in [0, 0.1) is 0 Å². The zero-order valence-electron chi connectivity index (χ0n) is 13.6. The average molecular weight is 339 g/mol. The molecule has 0 aliphatic carbocycles. The molecule has 0 unspecified atom stereocenters. The number of pyridine rings is 2. The highest BCUT2D eigenvalue weighted by Gasteiger charge is 2.12. The summed E-state index contributed by atoms with van der Waals surface area (Å²) in [4.78, 5) is 16.4. The molecule has 5 aromatic rings. The molecule has 0 saturated heterocycles. The Morgan fingerprint density at radius 1 is 0.846 bits per heavy atom. The number of rotatable bonds is 3. The minimum absolute atomic E-state index is 0.390. The molecule has 0 spiro atoms. The molecule has 1 aromatic carbocycles. The van der Waals surface area contributed by atoms with Crippen molar-refractivity contribution in [1.29, 1.82) is 0 Å². The maximum atomic E-state index is 5.41. The first-order valence-corrected chi connectivity index (χ1v) is 8.16. The molecule has 1 N–H and O–H groups in total. The third-order valence-corrected chi connectivity index (χ3v) is 4.17. The topological polar surface area (TPSA) is 80.5 Å². The van der Waals surface area contributed by atoms with Crippen molar-refractivity contribution >= 4 is 11.0 Å². The second-order valence-electron chi connectivity index (χ2n) is 5.86. The van der Waals surface area contributed by atoms with E-state index in [1.165, 1.54) is 0 Å². The summed E-state index contributed by atoms with van der Waals surface area (Å²) in [6.07, 6.45) is 5.45. The summed E-state index contributed by atoms with van der Waals surface area (Å²) >= 11 is 0. The van der Waals surface area contributed by atoms with Gasteiger partial charge in [0.25, 0.3) is 5.89 Å². The van der Waals surface area contributed by atoms with E-state index in [1.54, 1.807) is 6.20 Å². The fourth-order valence-electron chi connectivity index (χ4n) is 2.86. The van der Waals surface area contributed by atoms with E-state index in [0.29, 0.717) is 17.4 Å². The largest absolute Gasteiger partial charge is 0.346 e. The summed E-state index contributed by atoms with van der Waals surface area (Å²) in [5.74, 6) is 0.935. The second kappa shape index (κ2) is 5.93. The Bertz CT molecular complexity index is 1190. The Balaban J connectivity index is 1.53. The fraction of sp³-hybridized carbons (Fsp3) is 0. The molecule has 0 aliphatic rings. The number of aromatic amines is 1. The van der Waals surface area contributed by atoms with Gasteiger partial charge in [-0.3, -0.25) is 4.98 Å². The fourth-order valence-corrected chi connectivity index (χ4v) is 2.86. The quantitative estimate of drug-likeness (QED) is 0.529. The predicted octanol–water partition coefficient (Wildman–Crippen LogP) is 4.34. The molecule has 0 aliphatic heterocycles. The van der Waals surface area contributed by atoms with Crippen molar-refractivity contribution in [2.45, 2.75) is 0 Å². The number of hydrogen-bond acceptors (Lipinski definition) is 5. The van der Waals surface area contributed by atoms with Gasteiger partial charge >= 0.3 is 0 Å². The molecule has 0 atom stereocenters. The molecule has 0 fully saturated rings. The van der Waals surface area contributed by atoms with Crippen molar-refractivity contribution in [2.24, 2.45) is 0 Å². The summed E-state index contributed by atoms with van der Waals surface area (Å²) in [5, 5.41) is 5.12. The van der Waals surface area contributed by atoms with Crippen LogP contribution in [0.2, 0.25) is 0 Å². The van der Waals surface area contributed by atoms with Crippen LogP contribution >= 0.6 is 0 Å². The van der Waals surface area contributed by atoms with E-state index < -0.39 is 0 Å². The first-order chi connectivity index (χ1) is 12.9. The Morgan fingerprint density at radius 3 is 2.69 bits per heavy atom. The molecule has 4 aromatic heterocycles. The van der Waals surface area contributed by atoms with Crippen LogP contribution in [0.3, 0.4) is 0 Å². The van der Waals surface area contributed by atoms with Crippen LogP contribution in [0.15, 0.2) is 77.7 Å². The minimum atomic E-state index is 0.390. The Morgan fingerprint density at radius 2 is 1.77 bits per heavy atom. The molecular weight excluding hydrogens is 326 g/mol. The van der Waals surface area contributed by atoms with Crippen LogP contribution in [0.4, 0.5) is 0 Å². The van der Waals surface area contributed by atoms with Gasteiger partial charge in [0.1, 0.15) is 11.3 Å². The van der Waals surface area contributed by atoms with Gasteiger partial charge in [-0.2, -0.15) is 4.98 Å². The van der Waals surface area contributed by atoms with Crippen LogP contribution < -0.4 is 0 Å². The van der Waals surface area contributed by atoms with E-state index in [2.05, 4.69) is 31.2 Å². The van der Waals surface area contributed by atoms with Gasteiger partial charge in [0, 0.05) is 35.1 Å². The summed E-state index contributed by atoms with van der Waals surface area (Å²) < 4.78 is 5.41. The summed E-state index contributed by atoms with van der Waals surface area (Å²) in [7, 11) is 0. The summed E-state index contributed by atoms with van der Waals surface area (Å²) in [5.41, 5.74) is 4.40. The lowest BCUT2D eigenvalue weighted by atomic mass is 10.1. The lowest BCUT2D eigenvalue weighted by Crippen LogP contribution is -1.87. The normalized spacial score (nSPS) is 11.1. The highest BCUT2D eigenvalue weighted by Crippen LogP contribution is 2.26. The van der Waals surface area contributed by atoms with E-state index in [9.17, 15) is 0 Å². The van der Waals surface area contributed by atoms with Gasteiger partial charge in [-0.05, 0) is 29.8 Å². The van der Waals surface area contributed by atoms with E-state index in [0.717, 1.165) is 27.7 Å². The van der Waals surface area contributed by atoms with Crippen LogP contribution in [0.1, 0.15) is 0 Å².